The molecule has 2 aromatic rings. The van der Waals surface area contributed by atoms with Gasteiger partial charge in [-0.25, -0.2) is 0 Å². The lowest BCUT2D eigenvalue weighted by Gasteiger charge is -2.18. The molecule has 0 saturated heterocycles. The number of furan rings is 1. The smallest absolute Gasteiger partial charge is 0.255 e. The fourth-order valence-electron chi connectivity index (χ4n) is 2.64. The highest BCUT2D eigenvalue weighted by Crippen LogP contribution is 2.41. The van der Waals surface area contributed by atoms with E-state index in [9.17, 15) is 4.79 Å². The summed E-state index contributed by atoms with van der Waals surface area (Å²) in [7, 11) is 0. The molecule has 3 heteroatoms. The normalized spacial score (nSPS) is 15.9. The molecule has 104 valence electrons. The fraction of sp³-hybridized carbons (Fsp3) is 0.353. The molecule has 1 N–H and O–H groups in total. The molecular formula is C17H19NO2. The van der Waals surface area contributed by atoms with E-state index in [0.717, 1.165) is 5.76 Å². The molecule has 1 unspecified atom stereocenters. The molecule has 20 heavy (non-hydrogen) atoms. The summed E-state index contributed by atoms with van der Waals surface area (Å²) in [5, 5.41) is 3.17. The molecular weight excluding hydrogens is 250 g/mol. The third-order valence-corrected chi connectivity index (χ3v) is 3.82. The quantitative estimate of drug-likeness (QED) is 0.917. The molecule has 1 aromatic heterocycles. The minimum Gasteiger partial charge on any atom is -0.466 e. The van der Waals surface area contributed by atoms with Gasteiger partial charge in [-0.05, 0) is 44.2 Å². The van der Waals surface area contributed by atoms with E-state index in [2.05, 4.69) is 17.4 Å². The van der Waals surface area contributed by atoms with Crippen molar-refractivity contribution >= 4 is 5.91 Å². The number of amides is 1. The van der Waals surface area contributed by atoms with Crippen LogP contribution in [0, 0.1) is 19.8 Å². The number of rotatable bonds is 4. The topological polar surface area (TPSA) is 42.2 Å². The van der Waals surface area contributed by atoms with E-state index in [1.54, 1.807) is 6.07 Å². The van der Waals surface area contributed by atoms with Gasteiger partial charge in [0.1, 0.15) is 11.5 Å². The van der Waals surface area contributed by atoms with Crippen LogP contribution in [0.25, 0.3) is 0 Å². The zero-order chi connectivity index (χ0) is 14.1. The first-order chi connectivity index (χ1) is 9.65. The van der Waals surface area contributed by atoms with Gasteiger partial charge in [0.05, 0.1) is 11.6 Å². The summed E-state index contributed by atoms with van der Waals surface area (Å²) in [6.45, 7) is 3.69. The average molecular weight is 269 g/mol. The van der Waals surface area contributed by atoms with Crippen molar-refractivity contribution in [1.29, 1.82) is 0 Å². The zero-order valence-electron chi connectivity index (χ0n) is 11.8. The lowest BCUT2D eigenvalue weighted by molar-refractivity contribution is 0.0930. The van der Waals surface area contributed by atoms with Crippen LogP contribution in [-0.2, 0) is 0 Å². The van der Waals surface area contributed by atoms with Crippen LogP contribution in [0.1, 0.15) is 46.3 Å². The standard InChI is InChI=1S/C17H19NO2/c1-11-10-15(12(2)20-11)17(19)18-16(14-8-9-14)13-6-4-3-5-7-13/h3-7,10,14,16H,8-9H2,1-2H3,(H,18,19). The molecule has 0 bridgehead atoms. The Hall–Kier alpha value is -2.03. The first-order valence-electron chi connectivity index (χ1n) is 7.08. The van der Waals surface area contributed by atoms with Gasteiger partial charge in [0.25, 0.3) is 5.91 Å². The Balaban J connectivity index is 1.81. The molecule has 1 aliphatic carbocycles. The van der Waals surface area contributed by atoms with Crippen molar-refractivity contribution in [2.45, 2.75) is 32.7 Å². The minimum absolute atomic E-state index is 0.0416. The van der Waals surface area contributed by atoms with Crippen LogP contribution in [0.15, 0.2) is 40.8 Å². The van der Waals surface area contributed by atoms with Gasteiger partial charge in [0, 0.05) is 0 Å². The maximum absolute atomic E-state index is 12.4. The Labute approximate surface area is 119 Å². The number of aryl methyl sites for hydroxylation is 2. The molecule has 1 aromatic carbocycles. The van der Waals surface area contributed by atoms with E-state index in [-0.39, 0.29) is 11.9 Å². The van der Waals surface area contributed by atoms with Gasteiger partial charge in [-0.2, -0.15) is 0 Å². The molecule has 1 heterocycles. The van der Waals surface area contributed by atoms with E-state index in [0.29, 0.717) is 17.2 Å². The van der Waals surface area contributed by atoms with E-state index < -0.39 is 0 Å². The molecule has 0 spiro atoms. The average Bonchev–Trinajstić information content (AvgIpc) is 3.22. The Kier molecular flexibility index (Phi) is 3.35. The van der Waals surface area contributed by atoms with Gasteiger partial charge in [-0.15, -0.1) is 0 Å². The Morgan fingerprint density at radius 2 is 1.95 bits per heavy atom. The summed E-state index contributed by atoms with van der Waals surface area (Å²) in [6, 6.07) is 12.1. The number of nitrogens with one attached hydrogen (secondary N) is 1. The van der Waals surface area contributed by atoms with Crippen LogP contribution >= 0.6 is 0 Å². The van der Waals surface area contributed by atoms with Crippen molar-refractivity contribution in [3.63, 3.8) is 0 Å². The summed E-state index contributed by atoms with van der Waals surface area (Å²) < 4.78 is 5.44. The number of hydrogen-bond donors (Lipinski definition) is 1. The van der Waals surface area contributed by atoms with Crippen molar-refractivity contribution < 1.29 is 9.21 Å². The highest BCUT2D eigenvalue weighted by Gasteiger charge is 2.33. The Bertz CT molecular complexity index is 611. The van der Waals surface area contributed by atoms with Crippen LogP contribution in [0.3, 0.4) is 0 Å². The van der Waals surface area contributed by atoms with Crippen LogP contribution in [-0.4, -0.2) is 5.91 Å². The van der Waals surface area contributed by atoms with Crippen molar-refractivity contribution in [3.8, 4) is 0 Å². The third-order valence-electron chi connectivity index (χ3n) is 3.82. The summed E-state index contributed by atoms with van der Waals surface area (Å²) in [5.74, 6) is 1.98. The van der Waals surface area contributed by atoms with Crippen molar-refractivity contribution in [2.24, 2.45) is 5.92 Å². The Morgan fingerprint density at radius 1 is 1.25 bits per heavy atom. The molecule has 3 nitrogen and oxygen atoms in total. The second-order valence-electron chi connectivity index (χ2n) is 5.53. The second kappa shape index (κ2) is 5.16. The maximum Gasteiger partial charge on any atom is 0.255 e. The molecule has 1 fully saturated rings. The number of hydrogen-bond acceptors (Lipinski definition) is 2. The fourth-order valence-corrected chi connectivity index (χ4v) is 2.64. The van der Waals surface area contributed by atoms with Gasteiger partial charge in [-0.3, -0.25) is 4.79 Å². The first-order valence-corrected chi connectivity index (χ1v) is 7.08. The van der Waals surface area contributed by atoms with Crippen LogP contribution in [0.5, 0.6) is 0 Å². The minimum atomic E-state index is -0.0416. The highest BCUT2D eigenvalue weighted by molar-refractivity contribution is 5.95. The second-order valence-corrected chi connectivity index (χ2v) is 5.53. The predicted molar refractivity (Wildman–Crippen MR) is 77.6 cm³/mol. The molecule has 1 atom stereocenters. The summed E-state index contributed by atoms with van der Waals surface area (Å²) in [6.07, 6.45) is 2.37. The summed E-state index contributed by atoms with van der Waals surface area (Å²) in [4.78, 5) is 12.4. The van der Waals surface area contributed by atoms with Gasteiger partial charge in [0.15, 0.2) is 0 Å². The molecule has 1 amide bonds. The first kappa shape index (κ1) is 13.0. The van der Waals surface area contributed by atoms with Crippen molar-refractivity contribution in [2.75, 3.05) is 0 Å². The van der Waals surface area contributed by atoms with E-state index >= 15 is 0 Å². The lowest BCUT2D eigenvalue weighted by Crippen LogP contribution is -2.30. The summed E-state index contributed by atoms with van der Waals surface area (Å²) in [5.41, 5.74) is 1.82. The highest BCUT2D eigenvalue weighted by atomic mass is 16.3. The predicted octanol–water partition coefficient (Wildman–Crippen LogP) is 3.78. The van der Waals surface area contributed by atoms with Crippen LogP contribution in [0.4, 0.5) is 0 Å². The molecule has 0 radical (unpaired) electrons. The SMILES string of the molecule is Cc1cc(C(=O)NC(c2ccccc2)C2CC2)c(C)o1. The number of benzene rings is 1. The van der Waals surface area contributed by atoms with E-state index in [1.807, 2.05) is 32.0 Å². The Morgan fingerprint density at radius 3 is 2.50 bits per heavy atom. The third kappa shape index (κ3) is 2.62. The molecule has 1 saturated carbocycles. The van der Waals surface area contributed by atoms with Gasteiger partial charge in [-0.1, -0.05) is 30.3 Å². The molecule has 1 aliphatic rings. The monoisotopic (exact) mass is 269 g/mol. The van der Waals surface area contributed by atoms with E-state index in [4.69, 9.17) is 4.42 Å². The number of carbonyl (C=O) groups excluding carboxylic acids is 1. The van der Waals surface area contributed by atoms with Crippen molar-refractivity contribution in [1.82, 2.24) is 5.32 Å². The lowest BCUT2D eigenvalue weighted by atomic mass is 10.0. The maximum atomic E-state index is 12.4. The van der Waals surface area contributed by atoms with Gasteiger partial charge >= 0.3 is 0 Å². The van der Waals surface area contributed by atoms with Crippen LogP contribution in [0.2, 0.25) is 0 Å². The number of carbonyl (C=O) groups is 1. The van der Waals surface area contributed by atoms with E-state index in [1.165, 1.54) is 18.4 Å². The van der Waals surface area contributed by atoms with Crippen molar-refractivity contribution in [3.05, 3.63) is 59.0 Å². The molecule has 0 aliphatic heterocycles. The largest absolute Gasteiger partial charge is 0.466 e. The van der Waals surface area contributed by atoms with Gasteiger partial charge < -0.3 is 9.73 Å². The molecule has 3 rings (SSSR count). The summed E-state index contributed by atoms with van der Waals surface area (Å²) >= 11 is 0. The van der Waals surface area contributed by atoms with Gasteiger partial charge in [0.2, 0.25) is 0 Å². The zero-order valence-corrected chi connectivity index (χ0v) is 11.8. The van der Waals surface area contributed by atoms with Crippen LogP contribution < -0.4 is 5.32 Å².